The first-order valence-corrected chi connectivity index (χ1v) is 9.83. The minimum Gasteiger partial charge on any atom is -0.394 e. The van der Waals surface area contributed by atoms with Crippen molar-refractivity contribution in [3.05, 3.63) is 58.6 Å². The fraction of sp³-hybridized carbons (Fsp3) is 0.368. The van der Waals surface area contributed by atoms with Crippen LogP contribution in [0.15, 0.2) is 52.3 Å². The summed E-state index contributed by atoms with van der Waals surface area (Å²) in [5, 5.41) is 9.56. The molecule has 148 valence electrons. The molecule has 0 heterocycles. The third-order valence-electron chi connectivity index (χ3n) is 4.17. The average Bonchev–Trinajstić information content (AvgIpc) is 2.61. The van der Waals surface area contributed by atoms with Crippen LogP contribution >= 0.6 is 11.6 Å². The van der Waals surface area contributed by atoms with E-state index in [1.54, 1.807) is 19.1 Å². The summed E-state index contributed by atoms with van der Waals surface area (Å²) in [6, 6.07) is 9.28. The molecule has 2 aromatic rings. The normalized spacial score (nSPS) is 15.4. The molecule has 0 amide bonds. The van der Waals surface area contributed by atoms with Gasteiger partial charge in [-0.05, 0) is 62.1 Å². The van der Waals surface area contributed by atoms with E-state index in [0.717, 1.165) is 17.7 Å². The highest BCUT2D eigenvalue weighted by atomic mass is 35.5. The van der Waals surface area contributed by atoms with E-state index in [0.29, 0.717) is 29.2 Å². The largest absolute Gasteiger partial charge is 0.416 e. The van der Waals surface area contributed by atoms with Gasteiger partial charge in [0, 0.05) is 20.4 Å². The molecule has 0 aliphatic heterocycles. The molecule has 2 rings (SSSR count). The van der Waals surface area contributed by atoms with Crippen molar-refractivity contribution in [3.8, 4) is 0 Å². The van der Waals surface area contributed by atoms with E-state index < -0.39 is 28.1 Å². The highest BCUT2D eigenvalue weighted by Crippen LogP contribution is 2.31. The summed E-state index contributed by atoms with van der Waals surface area (Å²) in [6.07, 6.45) is -2.54. The van der Waals surface area contributed by atoms with E-state index in [1.165, 1.54) is 18.2 Å². The second kappa shape index (κ2) is 8.73. The molecule has 0 bridgehead atoms. The number of nitrogens with two attached hydrogens (primary N) is 1. The molecule has 8 heteroatoms. The number of halogens is 4. The SMILES string of the molecule is CC(N)(CO)CCCc1ccc(S(=O)c2cccc(C(F)(F)F)c2)cc1Cl. The summed E-state index contributed by atoms with van der Waals surface area (Å²) >= 11 is 6.25. The lowest BCUT2D eigenvalue weighted by Gasteiger charge is -2.21. The maximum absolute atomic E-state index is 12.8. The quantitative estimate of drug-likeness (QED) is 0.691. The first-order chi connectivity index (χ1) is 12.5. The van der Waals surface area contributed by atoms with Crippen LogP contribution in [0.4, 0.5) is 13.2 Å². The zero-order valence-electron chi connectivity index (χ0n) is 14.7. The van der Waals surface area contributed by atoms with Crippen LogP contribution < -0.4 is 5.73 Å². The van der Waals surface area contributed by atoms with Gasteiger partial charge in [0.05, 0.1) is 23.0 Å². The molecule has 0 radical (unpaired) electrons. The maximum Gasteiger partial charge on any atom is 0.416 e. The van der Waals surface area contributed by atoms with Gasteiger partial charge in [0.15, 0.2) is 0 Å². The molecular weight excluding hydrogens is 399 g/mol. The molecule has 2 unspecified atom stereocenters. The Kier molecular flexibility index (Phi) is 7.08. The van der Waals surface area contributed by atoms with E-state index in [4.69, 9.17) is 22.4 Å². The Balaban J connectivity index is 2.14. The summed E-state index contributed by atoms with van der Waals surface area (Å²) in [5.74, 6) is 0. The summed E-state index contributed by atoms with van der Waals surface area (Å²) in [6.45, 7) is 1.64. The second-order valence-electron chi connectivity index (χ2n) is 6.71. The van der Waals surface area contributed by atoms with Crippen molar-refractivity contribution in [3.63, 3.8) is 0 Å². The Morgan fingerprint density at radius 1 is 1.15 bits per heavy atom. The first kappa shape index (κ1) is 21.9. The van der Waals surface area contributed by atoms with E-state index in [9.17, 15) is 17.4 Å². The fourth-order valence-electron chi connectivity index (χ4n) is 2.53. The number of aliphatic hydroxyl groups excluding tert-OH is 1. The Morgan fingerprint density at radius 2 is 1.81 bits per heavy atom. The van der Waals surface area contributed by atoms with Gasteiger partial charge in [-0.15, -0.1) is 0 Å². The molecule has 0 fully saturated rings. The van der Waals surface area contributed by atoms with Crippen LogP contribution in [0.2, 0.25) is 5.02 Å². The Hall–Kier alpha value is -1.41. The Morgan fingerprint density at radius 3 is 2.41 bits per heavy atom. The first-order valence-electron chi connectivity index (χ1n) is 8.31. The molecule has 0 spiro atoms. The maximum atomic E-state index is 12.8. The van der Waals surface area contributed by atoms with Crippen LogP contribution in [-0.4, -0.2) is 21.5 Å². The van der Waals surface area contributed by atoms with E-state index >= 15 is 0 Å². The second-order valence-corrected chi connectivity index (χ2v) is 8.60. The number of benzene rings is 2. The Labute approximate surface area is 163 Å². The summed E-state index contributed by atoms with van der Waals surface area (Å²) in [4.78, 5) is 0.401. The predicted octanol–water partition coefficient (Wildman–Crippen LogP) is 4.56. The van der Waals surface area contributed by atoms with Crippen molar-refractivity contribution in [1.82, 2.24) is 0 Å². The van der Waals surface area contributed by atoms with Crippen LogP contribution in [0.25, 0.3) is 0 Å². The van der Waals surface area contributed by atoms with Gasteiger partial charge in [-0.3, -0.25) is 0 Å². The van der Waals surface area contributed by atoms with Gasteiger partial charge in [0.2, 0.25) is 0 Å². The molecule has 0 aliphatic carbocycles. The summed E-state index contributed by atoms with van der Waals surface area (Å²) < 4.78 is 51.1. The van der Waals surface area contributed by atoms with Crippen molar-refractivity contribution >= 4 is 22.4 Å². The molecule has 0 aliphatic rings. The molecule has 3 nitrogen and oxygen atoms in total. The van der Waals surface area contributed by atoms with E-state index in [-0.39, 0.29) is 11.5 Å². The average molecular weight is 420 g/mol. The van der Waals surface area contributed by atoms with Crippen molar-refractivity contribution in [1.29, 1.82) is 0 Å². The van der Waals surface area contributed by atoms with Crippen molar-refractivity contribution in [2.24, 2.45) is 5.73 Å². The molecule has 0 aromatic heterocycles. The third-order valence-corrected chi connectivity index (χ3v) is 5.89. The van der Waals surface area contributed by atoms with E-state index in [1.807, 2.05) is 0 Å². The van der Waals surface area contributed by atoms with E-state index in [2.05, 4.69) is 0 Å². The predicted molar refractivity (Wildman–Crippen MR) is 100 cm³/mol. The molecule has 0 saturated carbocycles. The zero-order chi connectivity index (χ0) is 20.2. The van der Waals surface area contributed by atoms with Crippen LogP contribution in [-0.2, 0) is 23.4 Å². The lowest BCUT2D eigenvalue weighted by atomic mass is 9.95. The van der Waals surface area contributed by atoms with Crippen LogP contribution in [0, 0.1) is 0 Å². The topological polar surface area (TPSA) is 63.3 Å². The number of rotatable bonds is 7. The fourth-order valence-corrected chi connectivity index (χ4v) is 4.00. The van der Waals surface area contributed by atoms with Crippen molar-refractivity contribution < 1.29 is 22.5 Å². The lowest BCUT2D eigenvalue weighted by molar-refractivity contribution is -0.137. The molecule has 0 saturated heterocycles. The third kappa shape index (κ3) is 6.04. The van der Waals surface area contributed by atoms with Crippen LogP contribution in [0.3, 0.4) is 0 Å². The van der Waals surface area contributed by atoms with Gasteiger partial charge in [-0.1, -0.05) is 23.7 Å². The van der Waals surface area contributed by atoms with Gasteiger partial charge in [0.1, 0.15) is 0 Å². The number of aliphatic hydroxyl groups is 1. The monoisotopic (exact) mass is 419 g/mol. The van der Waals surface area contributed by atoms with Gasteiger partial charge in [0.25, 0.3) is 0 Å². The standard InChI is InChI=1S/C19H21ClF3NO2S/c1-18(24,12-25)9-3-4-13-7-8-16(11-17(13)20)27(26)15-6-2-5-14(10-15)19(21,22)23/h2,5-8,10-11,25H,3-4,9,12,24H2,1H3. The van der Waals surface area contributed by atoms with Crippen LogP contribution in [0.5, 0.6) is 0 Å². The number of hydrogen-bond donors (Lipinski definition) is 2. The molecular formula is C19H21ClF3NO2S. The summed E-state index contributed by atoms with van der Waals surface area (Å²) in [7, 11) is -1.77. The Bertz CT molecular complexity index is 825. The van der Waals surface area contributed by atoms with Gasteiger partial charge in [-0.25, -0.2) is 4.21 Å². The molecule has 2 atom stereocenters. The lowest BCUT2D eigenvalue weighted by Crippen LogP contribution is -2.40. The smallest absolute Gasteiger partial charge is 0.394 e. The van der Waals surface area contributed by atoms with Gasteiger partial charge >= 0.3 is 6.18 Å². The van der Waals surface area contributed by atoms with Gasteiger partial charge < -0.3 is 10.8 Å². The molecule has 3 N–H and O–H groups in total. The number of alkyl halides is 3. The van der Waals surface area contributed by atoms with Crippen molar-refractivity contribution in [2.75, 3.05) is 6.61 Å². The zero-order valence-corrected chi connectivity index (χ0v) is 16.3. The number of hydrogen-bond acceptors (Lipinski definition) is 3. The molecule has 27 heavy (non-hydrogen) atoms. The molecule has 2 aromatic carbocycles. The van der Waals surface area contributed by atoms with Crippen molar-refractivity contribution in [2.45, 2.75) is 47.7 Å². The minimum atomic E-state index is -4.49. The van der Waals surface area contributed by atoms with Crippen LogP contribution in [0.1, 0.15) is 30.9 Å². The van der Waals surface area contributed by atoms with Gasteiger partial charge in [-0.2, -0.15) is 13.2 Å². The minimum absolute atomic E-state index is 0.0653. The highest BCUT2D eigenvalue weighted by molar-refractivity contribution is 7.85. The summed E-state index contributed by atoms with van der Waals surface area (Å²) in [5.41, 5.74) is 5.22. The highest BCUT2D eigenvalue weighted by Gasteiger charge is 2.31. The number of aryl methyl sites for hydroxylation is 1.